The lowest BCUT2D eigenvalue weighted by Gasteiger charge is -2.13. The van der Waals surface area contributed by atoms with Gasteiger partial charge in [0.25, 0.3) is 0 Å². The number of nitrogens with one attached hydrogen (secondary N) is 1. The molecule has 16 heavy (non-hydrogen) atoms. The first-order chi connectivity index (χ1) is 7.58. The summed E-state index contributed by atoms with van der Waals surface area (Å²) in [5.74, 6) is 4.89. The summed E-state index contributed by atoms with van der Waals surface area (Å²) in [6.07, 6.45) is 0.675. The summed E-state index contributed by atoms with van der Waals surface area (Å²) >= 11 is 7.39. The molecule has 88 valence electrons. The minimum Gasteiger partial charge on any atom is -0.399 e. The molecule has 6 heteroatoms. The van der Waals surface area contributed by atoms with E-state index in [1.807, 2.05) is 6.92 Å². The summed E-state index contributed by atoms with van der Waals surface area (Å²) in [4.78, 5) is 12.2. The predicted molar refractivity (Wildman–Crippen MR) is 68.1 cm³/mol. The highest BCUT2D eigenvalue weighted by molar-refractivity contribution is 8.00. The van der Waals surface area contributed by atoms with Crippen molar-refractivity contribution in [3.63, 3.8) is 0 Å². The molecular formula is C10H14ClN3OS. The normalized spacial score (nSPS) is 12.2. The molecule has 1 aromatic rings. The Labute approximate surface area is 104 Å². The number of rotatable bonds is 4. The topological polar surface area (TPSA) is 81.1 Å². The highest BCUT2D eigenvalue weighted by atomic mass is 35.5. The van der Waals surface area contributed by atoms with Crippen LogP contribution < -0.4 is 17.0 Å². The zero-order valence-electron chi connectivity index (χ0n) is 8.87. The quantitative estimate of drug-likeness (QED) is 0.253. The van der Waals surface area contributed by atoms with Gasteiger partial charge < -0.3 is 5.73 Å². The number of nitrogen functional groups attached to an aromatic ring is 1. The van der Waals surface area contributed by atoms with E-state index in [0.717, 1.165) is 4.90 Å². The zero-order valence-corrected chi connectivity index (χ0v) is 10.4. The highest BCUT2D eigenvalue weighted by Gasteiger charge is 2.17. The summed E-state index contributed by atoms with van der Waals surface area (Å²) in [5, 5.41) is 0.305. The smallest absolute Gasteiger partial charge is 0.247 e. The number of nitrogens with two attached hydrogens (primary N) is 2. The van der Waals surface area contributed by atoms with Crippen LogP contribution >= 0.6 is 23.4 Å². The number of amides is 1. The fraction of sp³-hybridized carbons (Fsp3) is 0.300. The van der Waals surface area contributed by atoms with Crippen LogP contribution in [-0.4, -0.2) is 11.2 Å². The molecule has 0 spiro atoms. The van der Waals surface area contributed by atoms with E-state index in [0.29, 0.717) is 17.1 Å². The van der Waals surface area contributed by atoms with Crippen LogP contribution in [0.3, 0.4) is 0 Å². The van der Waals surface area contributed by atoms with Crippen LogP contribution in [0.15, 0.2) is 23.1 Å². The monoisotopic (exact) mass is 259 g/mol. The van der Waals surface area contributed by atoms with Crippen LogP contribution in [0.25, 0.3) is 0 Å². The van der Waals surface area contributed by atoms with Gasteiger partial charge in [-0.25, -0.2) is 5.84 Å². The molecule has 0 aliphatic heterocycles. The van der Waals surface area contributed by atoms with Gasteiger partial charge in [0.1, 0.15) is 0 Å². The Kier molecular flexibility index (Phi) is 4.92. The summed E-state index contributed by atoms with van der Waals surface area (Å²) in [6, 6.07) is 5.22. The second-order valence-electron chi connectivity index (χ2n) is 3.21. The number of hydrogen-bond donors (Lipinski definition) is 3. The molecule has 1 atom stereocenters. The SMILES string of the molecule is CCC(Sc1ccc(N)cc1Cl)C(=O)NN. The van der Waals surface area contributed by atoms with Gasteiger partial charge in [0.15, 0.2) is 0 Å². The number of carbonyl (C=O) groups is 1. The standard InChI is InChI=1S/C10H14ClN3OS/c1-2-8(10(15)14-13)16-9-4-3-6(12)5-7(9)11/h3-5,8H,2,12-13H2,1H3,(H,14,15). The van der Waals surface area contributed by atoms with Gasteiger partial charge in [-0.3, -0.25) is 10.2 Å². The Hall–Kier alpha value is -0.910. The van der Waals surface area contributed by atoms with Gasteiger partial charge in [0.2, 0.25) is 5.91 Å². The van der Waals surface area contributed by atoms with Crippen molar-refractivity contribution < 1.29 is 4.79 Å². The van der Waals surface area contributed by atoms with Crippen molar-refractivity contribution in [2.45, 2.75) is 23.5 Å². The third-order valence-corrected chi connectivity index (χ3v) is 3.90. The van der Waals surface area contributed by atoms with E-state index in [4.69, 9.17) is 23.2 Å². The first-order valence-electron chi connectivity index (χ1n) is 4.80. The van der Waals surface area contributed by atoms with Gasteiger partial charge in [0, 0.05) is 10.6 Å². The van der Waals surface area contributed by atoms with E-state index in [9.17, 15) is 4.79 Å². The number of anilines is 1. The Balaban J connectivity index is 2.82. The Morgan fingerprint density at radius 1 is 1.62 bits per heavy atom. The molecule has 0 fully saturated rings. The summed E-state index contributed by atoms with van der Waals surface area (Å²) < 4.78 is 0. The number of hydrogen-bond acceptors (Lipinski definition) is 4. The molecule has 1 amide bonds. The average molecular weight is 260 g/mol. The van der Waals surface area contributed by atoms with E-state index in [1.165, 1.54) is 11.8 Å². The van der Waals surface area contributed by atoms with Crippen LogP contribution in [0.5, 0.6) is 0 Å². The van der Waals surface area contributed by atoms with Crippen molar-refractivity contribution in [3.05, 3.63) is 23.2 Å². The van der Waals surface area contributed by atoms with Gasteiger partial charge >= 0.3 is 0 Å². The summed E-state index contributed by atoms with van der Waals surface area (Å²) in [6.45, 7) is 1.91. The second kappa shape index (κ2) is 5.98. The maximum Gasteiger partial charge on any atom is 0.247 e. The third-order valence-electron chi connectivity index (χ3n) is 2.03. The van der Waals surface area contributed by atoms with Crippen LogP contribution in [0.2, 0.25) is 5.02 Å². The molecule has 0 heterocycles. The maximum absolute atomic E-state index is 11.4. The van der Waals surface area contributed by atoms with Crippen LogP contribution in [-0.2, 0) is 4.79 Å². The van der Waals surface area contributed by atoms with Crippen molar-refractivity contribution in [2.24, 2.45) is 5.84 Å². The maximum atomic E-state index is 11.4. The molecule has 1 aromatic carbocycles. The number of benzene rings is 1. The Bertz CT molecular complexity index is 386. The molecule has 1 unspecified atom stereocenters. The van der Waals surface area contributed by atoms with Crippen molar-refractivity contribution >= 4 is 35.0 Å². The molecular weight excluding hydrogens is 246 g/mol. The first kappa shape index (κ1) is 13.2. The minimum absolute atomic E-state index is 0.208. The number of halogens is 1. The minimum atomic E-state index is -0.244. The molecule has 0 saturated heterocycles. The summed E-state index contributed by atoms with van der Waals surface area (Å²) in [5.41, 5.74) is 8.33. The lowest BCUT2D eigenvalue weighted by Crippen LogP contribution is -2.37. The van der Waals surface area contributed by atoms with Gasteiger partial charge in [-0.2, -0.15) is 0 Å². The van der Waals surface area contributed by atoms with Crippen LogP contribution in [0.4, 0.5) is 5.69 Å². The Morgan fingerprint density at radius 3 is 2.81 bits per heavy atom. The number of thioether (sulfide) groups is 1. The van der Waals surface area contributed by atoms with Gasteiger partial charge in [-0.05, 0) is 24.6 Å². The lowest BCUT2D eigenvalue weighted by atomic mass is 10.3. The highest BCUT2D eigenvalue weighted by Crippen LogP contribution is 2.32. The molecule has 0 aliphatic carbocycles. The number of carbonyl (C=O) groups excluding carboxylic acids is 1. The first-order valence-corrected chi connectivity index (χ1v) is 6.06. The van der Waals surface area contributed by atoms with Crippen molar-refractivity contribution in [1.29, 1.82) is 0 Å². The van der Waals surface area contributed by atoms with Crippen molar-refractivity contribution in [2.75, 3.05) is 5.73 Å². The van der Waals surface area contributed by atoms with Gasteiger partial charge in [0.05, 0.1) is 10.3 Å². The van der Waals surface area contributed by atoms with Gasteiger partial charge in [-0.1, -0.05) is 18.5 Å². The van der Waals surface area contributed by atoms with Crippen molar-refractivity contribution in [3.8, 4) is 0 Å². The van der Waals surface area contributed by atoms with Gasteiger partial charge in [-0.15, -0.1) is 11.8 Å². The van der Waals surface area contributed by atoms with E-state index in [-0.39, 0.29) is 11.2 Å². The molecule has 0 radical (unpaired) electrons. The second-order valence-corrected chi connectivity index (χ2v) is 4.86. The molecule has 4 nitrogen and oxygen atoms in total. The predicted octanol–water partition coefficient (Wildman–Crippen LogP) is 1.78. The van der Waals surface area contributed by atoms with Crippen LogP contribution in [0.1, 0.15) is 13.3 Å². The molecule has 5 N–H and O–H groups in total. The summed E-state index contributed by atoms with van der Waals surface area (Å²) in [7, 11) is 0. The van der Waals surface area contributed by atoms with E-state index < -0.39 is 0 Å². The lowest BCUT2D eigenvalue weighted by molar-refractivity contribution is -0.120. The molecule has 0 bridgehead atoms. The fourth-order valence-electron chi connectivity index (χ4n) is 1.18. The third kappa shape index (κ3) is 3.30. The van der Waals surface area contributed by atoms with Crippen molar-refractivity contribution in [1.82, 2.24) is 5.43 Å². The molecule has 0 saturated carbocycles. The largest absolute Gasteiger partial charge is 0.399 e. The molecule has 0 aromatic heterocycles. The fourth-order valence-corrected chi connectivity index (χ4v) is 2.47. The number of hydrazine groups is 1. The van der Waals surface area contributed by atoms with E-state index in [2.05, 4.69) is 5.43 Å². The van der Waals surface area contributed by atoms with Crippen LogP contribution in [0, 0.1) is 0 Å². The molecule has 1 rings (SSSR count). The average Bonchev–Trinajstić information content (AvgIpc) is 2.27. The zero-order chi connectivity index (χ0) is 12.1. The van der Waals surface area contributed by atoms with E-state index in [1.54, 1.807) is 18.2 Å². The van der Waals surface area contributed by atoms with E-state index >= 15 is 0 Å². The molecule has 0 aliphatic rings. The Morgan fingerprint density at radius 2 is 2.31 bits per heavy atom.